The van der Waals surface area contributed by atoms with Gasteiger partial charge >= 0.3 is 0 Å². The minimum Gasteiger partial charge on any atom is -0.383 e. The van der Waals surface area contributed by atoms with Gasteiger partial charge < -0.3 is 11.1 Å². The van der Waals surface area contributed by atoms with E-state index in [4.69, 9.17) is 5.73 Å². The van der Waals surface area contributed by atoms with E-state index in [1.807, 2.05) is 6.92 Å². The lowest BCUT2D eigenvalue weighted by atomic mass is 10.2. The van der Waals surface area contributed by atoms with Crippen molar-refractivity contribution < 1.29 is 4.92 Å². The summed E-state index contributed by atoms with van der Waals surface area (Å²) in [5.74, 6) is 0. The molecule has 0 radical (unpaired) electrons. The number of nitrogens with zero attached hydrogens (tertiary/aromatic N) is 1. The average Bonchev–Trinajstić information content (AvgIpc) is 2.16. The molecule has 0 atom stereocenters. The summed E-state index contributed by atoms with van der Waals surface area (Å²) >= 11 is 0. The monoisotopic (exact) mass is 195 g/mol. The van der Waals surface area contributed by atoms with Crippen molar-refractivity contribution in [2.45, 2.75) is 6.92 Å². The van der Waals surface area contributed by atoms with E-state index in [0.717, 1.165) is 11.3 Å². The molecule has 0 heterocycles. The number of benzene rings is 1. The van der Waals surface area contributed by atoms with Crippen LogP contribution in [0.25, 0.3) is 0 Å². The number of nitro benzene ring substituents is 1. The van der Waals surface area contributed by atoms with Crippen molar-refractivity contribution in [2.75, 3.05) is 18.4 Å². The van der Waals surface area contributed by atoms with Crippen molar-refractivity contribution in [1.29, 1.82) is 0 Å². The summed E-state index contributed by atoms with van der Waals surface area (Å²) in [5, 5.41) is 13.5. The van der Waals surface area contributed by atoms with Crippen molar-refractivity contribution in [2.24, 2.45) is 5.73 Å². The van der Waals surface area contributed by atoms with E-state index in [-0.39, 0.29) is 5.69 Å². The smallest absolute Gasteiger partial charge is 0.271 e. The second-order valence-electron chi connectivity index (χ2n) is 2.97. The van der Waals surface area contributed by atoms with Gasteiger partial charge in [-0.25, -0.2) is 0 Å². The van der Waals surface area contributed by atoms with Crippen molar-refractivity contribution in [1.82, 2.24) is 0 Å². The summed E-state index contributed by atoms with van der Waals surface area (Å²) in [4.78, 5) is 10.1. The lowest BCUT2D eigenvalue weighted by molar-refractivity contribution is -0.384. The van der Waals surface area contributed by atoms with Crippen LogP contribution in [0.1, 0.15) is 5.56 Å². The van der Waals surface area contributed by atoms with Gasteiger partial charge in [-0.2, -0.15) is 0 Å². The fourth-order valence-electron chi connectivity index (χ4n) is 1.12. The highest BCUT2D eigenvalue weighted by Gasteiger charge is 2.07. The molecule has 76 valence electrons. The van der Waals surface area contributed by atoms with Gasteiger partial charge in [-0.3, -0.25) is 10.1 Å². The Morgan fingerprint density at radius 3 is 2.86 bits per heavy atom. The van der Waals surface area contributed by atoms with Gasteiger partial charge in [0.15, 0.2) is 0 Å². The molecule has 0 unspecified atom stereocenters. The lowest BCUT2D eigenvalue weighted by Gasteiger charge is -2.07. The summed E-state index contributed by atoms with van der Waals surface area (Å²) < 4.78 is 0. The summed E-state index contributed by atoms with van der Waals surface area (Å²) in [6, 6.07) is 4.73. The molecule has 0 bridgehead atoms. The van der Waals surface area contributed by atoms with Gasteiger partial charge in [0.1, 0.15) is 0 Å². The molecule has 1 aromatic carbocycles. The number of nitrogens with two attached hydrogens (primary N) is 1. The Morgan fingerprint density at radius 2 is 2.29 bits per heavy atom. The molecule has 0 aromatic heterocycles. The third-order valence-electron chi connectivity index (χ3n) is 1.89. The predicted octanol–water partition coefficient (Wildman–Crippen LogP) is 1.27. The molecule has 0 aliphatic carbocycles. The lowest BCUT2D eigenvalue weighted by Crippen LogP contribution is -2.13. The fourth-order valence-corrected chi connectivity index (χ4v) is 1.12. The van der Waals surface area contributed by atoms with E-state index >= 15 is 0 Å². The van der Waals surface area contributed by atoms with Gasteiger partial charge in [0.25, 0.3) is 5.69 Å². The number of non-ortho nitro benzene ring substituents is 1. The largest absolute Gasteiger partial charge is 0.383 e. The molecule has 0 fully saturated rings. The first-order chi connectivity index (χ1) is 6.65. The summed E-state index contributed by atoms with van der Waals surface area (Å²) in [5.41, 5.74) is 7.16. The van der Waals surface area contributed by atoms with E-state index in [0.29, 0.717) is 13.1 Å². The zero-order valence-corrected chi connectivity index (χ0v) is 7.99. The zero-order chi connectivity index (χ0) is 10.6. The SMILES string of the molecule is Cc1ccc([N+](=O)[O-])cc1NCCN. The summed E-state index contributed by atoms with van der Waals surface area (Å²) in [6.07, 6.45) is 0. The molecule has 1 rings (SSSR count). The molecule has 0 aliphatic heterocycles. The zero-order valence-electron chi connectivity index (χ0n) is 7.99. The Kier molecular flexibility index (Phi) is 3.41. The first-order valence-corrected chi connectivity index (χ1v) is 4.34. The molecule has 3 N–H and O–H groups in total. The number of hydrogen-bond donors (Lipinski definition) is 2. The van der Waals surface area contributed by atoms with Gasteiger partial charge in [0.05, 0.1) is 4.92 Å². The van der Waals surface area contributed by atoms with Crippen molar-refractivity contribution in [3.8, 4) is 0 Å². The third-order valence-corrected chi connectivity index (χ3v) is 1.89. The van der Waals surface area contributed by atoms with Gasteiger partial charge in [-0.15, -0.1) is 0 Å². The Labute approximate surface area is 82.1 Å². The van der Waals surface area contributed by atoms with Crippen LogP contribution < -0.4 is 11.1 Å². The molecule has 1 aromatic rings. The maximum absolute atomic E-state index is 10.5. The Balaban J connectivity index is 2.90. The van der Waals surface area contributed by atoms with E-state index in [1.54, 1.807) is 6.07 Å². The highest BCUT2D eigenvalue weighted by atomic mass is 16.6. The fraction of sp³-hybridized carbons (Fsp3) is 0.333. The first kappa shape index (κ1) is 10.5. The molecule has 0 amide bonds. The van der Waals surface area contributed by atoms with Crippen LogP contribution >= 0.6 is 0 Å². The number of nitrogens with one attached hydrogen (secondary N) is 1. The number of anilines is 1. The maximum atomic E-state index is 10.5. The van der Waals surface area contributed by atoms with Crippen LogP contribution in [0.4, 0.5) is 11.4 Å². The van der Waals surface area contributed by atoms with Gasteiger partial charge in [0.2, 0.25) is 0 Å². The second kappa shape index (κ2) is 4.57. The van der Waals surface area contributed by atoms with Crippen LogP contribution in [-0.4, -0.2) is 18.0 Å². The molecular weight excluding hydrogens is 182 g/mol. The van der Waals surface area contributed by atoms with Crippen LogP contribution in [0.15, 0.2) is 18.2 Å². The van der Waals surface area contributed by atoms with E-state index in [9.17, 15) is 10.1 Å². The van der Waals surface area contributed by atoms with E-state index < -0.39 is 4.92 Å². The van der Waals surface area contributed by atoms with Crippen LogP contribution in [-0.2, 0) is 0 Å². The molecule has 14 heavy (non-hydrogen) atoms. The topological polar surface area (TPSA) is 81.2 Å². The molecule has 5 heteroatoms. The maximum Gasteiger partial charge on any atom is 0.271 e. The summed E-state index contributed by atoms with van der Waals surface area (Å²) in [7, 11) is 0. The Hall–Kier alpha value is -1.62. The average molecular weight is 195 g/mol. The Morgan fingerprint density at radius 1 is 1.57 bits per heavy atom. The number of rotatable bonds is 4. The molecule has 0 saturated heterocycles. The van der Waals surface area contributed by atoms with E-state index in [2.05, 4.69) is 5.32 Å². The number of hydrogen-bond acceptors (Lipinski definition) is 4. The van der Waals surface area contributed by atoms with Gasteiger partial charge in [-0.1, -0.05) is 6.07 Å². The highest BCUT2D eigenvalue weighted by molar-refractivity contribution is 5.56. The Bertz CT molecular complexity index is 339. The van der Waals surface area contributed by atoms with E-state index in [1.165, 1.54) is 12.1 Å². The van der Waals surface area contributed by atoms with Crippen LogP contribution in [0, 0.1) is 17.0 Å². The molecule has 0 saturated carbocycles. The molecule has 5 nitrogen and oxygen atoms in total. The normalized spacial score (nSPS) is 9.86. The van der Waals surface area contributed by atoms with Crippen molar-refractivity contribution in [3.05, 3.63) is 33.9 Å². The van der Waals surface area contributed by atoms with Gasteiger partial charge in [-0.05, 0) is 12.5 Å². The number of nitro groups is 1. The van der Waals surface area contributed by atoms with Gasteiger partial charge in [0, 0.05) is 30.9 Å². The second-order valence-corrected chi connectivity index (χ2v) is 2.97. The van der Waals surface area contributed by atoms with Crippen LogP contribution in [0.5, 0.6) is 0 Å². The van der Waals surface area contributed by atoms with Crippen LogP contribution in [0.2, 0.25) is 0 Å². The third kappa shape index (κ3) is 2.43. The minimum absolute atomic E-state index is 0.0927. The molecular formula is C9H13N3O2. The standard InChI is InChI=1S/C9H13N3O2/c1-7-2-3-8(12(13)14)6-9(7)11-5-4-10/h2-3,6,11H,4-5,10H2,1H3. The summed E-state index contributed by atoms with van der Waals surface area (Å²) in [6.45, 7) is 3.01. The van der Waals surface area contributed by atoms with Crippen molar-refractivity contribution in [3.63, 3.8) is 0 Å². The molecule has 0 spiro atoms. The van der Waals surface area contributed by atoms with Crippen molar-refractivity contribution >= 4 is 11.4 Å². The van der Waals surface area contributed by atoms with Crippen LogP contribution in [0.3, 0.4) is 0 Å². The minimum atomic E-state index is -0.410. The molecule has 0 aliphatic rings. The number of aryl methyl sites for hydroxylation is 1. The first-order valence-electron chi connectivity index (χ1n) is 4.34. The highest BCUT2D eigenvalue weighted by Crippen LogP contribution is 2.21. The quantitative estimate of drug-likeness (QED) is 0.560. The predicted molar refractivity (Wildman–Crippen MR) is 55.4 cm³/mol.